The number of nitrogens with two attached hydrogens (primary N) is 1. The van der Waals surface area contributed by atoms with E-state index in [4.69, 9.17) is 10.5 Å². The zero-order chi connectivity index (χ0) is 18.1. The molecule has 134 valence electrons. The minimum atomic E-state index is -0.474. The summed E-state index contributed by atoms with van der Waals surface area (Å²) in [5.74, 6) is 1.26. The summed E-state index contributed by atoms with van der Waals surface area (Å²) in [5.41, 5.74) is 6.27. The number of fused-ring (bicyclic) bond motifs is 2. The van der Waals surface area contributed by atoms with E-state index < -0.39 is 5.91 Å². The Morgan fingerprint density at radius 1 is 0.962 bits per heavy atom. The average Bonchev–Trinajstić information content (AvgIpc) is 3.26. The lowest BCUT2D eigenvalue weighted by Crippen LogP contribution is -2.44. The van der Waals surface area contributed by atoms with Crippen molar-refractivity contribution >= 4 is 11.8 Å². The topological polar surface area (TPSA) is 93.5 Å². The molecule has 2 aromatic carbocycles. The number of piperidine rings is 1. The van der Waals surface area contributed by atoms with Gasteiger partial charge in [-0.1, -0.05) is 0 Å². The zero-order valence-electron chi connectivity index (χ0n) is 14.3. The highest BCUT2D eigenvalue weighted by Crippen LogP contribution is 2.31. The molecule has 2 fully saturated rings. The van der Waals surface area contributed by atoms with Crippen LogP contribution in [-0.4, -0.2) is 30.4 Å². The van der Waals surface area contributed by atoms with Gasteiger partial charge in [-0.15, -0.1) is 0 Å². The molecule has 26 heavy (non-hydrogen) atoms. The van der Waals surface area contributed by atoms with Gasteiger partial charge >= 0.3 is 0 Å². The maximum Gasteiger partial charge on any atom is 0.251 e. The van der Waals surface area contributed by atoms with Crippen LogP contribution in [0.3, 0.4) is 0 Å². The van der Waals surface area contributed by atoms with Gasteiger partial charge in [-0.05, 0) is 67.3 Å². The van der Waals surface area contributed by atoms with Gasteiger partial charge in [0.15, 0.2) is 0 Å². The number of primary amides is 1. The molecule has 4 N–H and O–H groups in total. The van der Waals surface area contributed by atoms with Gasteiger partial charge in [-0.3, -0.25) is 9.59 Å². The SMILES string of the molecule is NC(=O)c1ccc(Oc2ccc(C(=O)NC3CC4CC3CN4)cc2)cc1. The second kappa shape index (κ2) is 6.80. The first-order valence-electron chi connectivity index (χ1n) is 8.80. The van der Waals surface area contributed by atoms with E-state index in [0.717, 1.165) is 19.4 Å². The Morgan fingerprint density at radius 3 is 2.08 bits per heavy atom. The van der Waals surface area contributed by atoms with Gasteiger partial charge in [0.25, 0.3) is 5.91 Å². The van der Waals surface area contributed by atoms with Crippen LogP contribution in [0.2, 0.25) is 0 Å². The molecule has 1 saturated carbocycles. The number of benzene rings is 2. The molecule has 0 radical (unpaired) electrons. The van der Waals surface area contributed by atoms with Crippen LogP contribution in [0.5, 0.6) is 11.5 Å². The molecule has 0 aromatic heterocycles. The minimum Gasteiger partial charge on any atom is -0.457 e. The summed E-state index contributed by atoms with van der Waals surface area (Å²) in [6.45, 7) is 0.997. The Hall–Kier alpha value is -2.86. The summed E-state index contributed by atoms with van der Waals surface area (Å²) < 4.78 is 5.73. The molecule has 2 aromatic rings. The van der Waals surface area contributed by atoms with E-state index in [1.807, 2.05) is 0 Å². The fourth-order valence-corrected chi connectivity index (χ4v) is 3.76. The fourth-order valence-electron chi connectivity index (χ4n) is 3.76. The molecule has 4 rings (SSSR count). The number of nitrogens with one attached hydrogen (secondary N) is 2. The van der Waals surface area contributed by atoms with Gasteiger partial charge in [-0.2, -0.15) is 0 Å². The van der Waals surface area contributed by atoms with Crippen LogP contribution in [0.25, 0.3) is 0 Å². The normalized spacial score (nSPS) is 23.6. The van der Waals surface area contributed by atoms with Crippen molar-refractivity contribution in [3.8, 4) is 11.5 Å². The van der Waals surface area contributed by atoms with Crippen molar-refractivity contribution in [1.29, 1.82) is 0 Å². The molecule has 6 heteroatoms. The van der Waals surface area contributed by atoms with Gasteiger partial charge in [0, 0.05) is 29.8 Å². The highest BCUT2D eigenvalue weighted by molar-refractivity contribution is 5.94. The van der Waals surface area contributed by atoms with Crippen LogP contribution in [0.15, 0.2) is 48.5 Å². The van der Waals surface area contributed by atoms with E-state index in [0.29, 0.717) is 34.6 Å². The van der Waals surface area contributed by atoms with Crippen molar-refractivity contribution in [1.82, 2.24) is 10.6 Å². The van der Waals surface area contributed by atoms with E-state index in [1.165, 1.54) is 0 Å². The number of carbonyl (C=O) groups excluding carboxylic acids is 2. The number of amides is 2. The lowest BCUT2D eigenvalue weighted by Gasteiger charge is -2.23. The van der Waals surface area contributed by atoms with Gasteiger partial charge < -0.3 is 21.1 Å². The maximum atomic E-state index is 12.4. The smallest absolute Gasteiger partial charge is 0.251 e. The third-order valence-corrected chi connectivity index (χ3v) is 5.17. The Balaban J connectivity index is 1.37. The molecule has 1 saturated heterocycles. The number of ether oxygens (including phenoxy) is 1. The first-order chi connectivity index (χ1) is 12.6. The molecule has 1 aliphatic heterocycles. The van der Waals surface area contributed by atoms with Gasteiger partial charge in [-0.25, -0.2) is 0 Å². The van der Waals surface area contributed by atoms with Crippen molar-refractivity contribution < 1.29 is 14.3 Å². The fraction of sp³-hybridized carbons (Fsp3) is 0.300. The van der Waals surface area contributed by atoms with Crippen molar-refractivity contribution in [2.45, 2.75) is 24.9 Å². The Kier molecular flexibility index (Phi) is 4.34. The summed E-state index contributed by atoms with van der Waals surface area (Å²) in [7, 11) is 0. The predicted octanol–water partition coefficient (Wildman–Crippen LogP) is 2.06. The Bertz CT molecular complexity index is 817. The molecule has 3 atom stereocenters. The van der Waals surface area contributed by atoms with Crippen molar-refractivity contribution in [2.24, 2.45) is 11.7 Å². The molecule has 0 spiro atoms. The number of hydrogen-bond donors (Lipinski definition) is 3. The standard InChI is InChI=1S/C20H21N3O3/c21-19(24)12-1-5-16(6-2-12)26-17-7-3-13(4-8-17)20(25)23-18-10-15-9-14(18)11-22-15/h1-8,14-15,18,22H,9-11H2,(H2,21,24)(H,23,25). The van der Waals surface area contributed by atoms with Gasteiger partial charge in [0.1, 0.15) is 11.5 Å². The minimum absolute atomic E-state index is 0.0417. The quantitative estimate of drug-likeness (QED) is 0.769. The molecular formula is C20H21N3O3. The van der Waals surface area contributed by atoms with Crippen molar-refractivity contribution in [3.05, 3.63) is 59.7 Å². The molecule has 1 aliphatic carbocycles. The van der Waals surface area contributed by atoms with Crippen LogP contribution < -0.4 is 21.1 Å². The van der Waals surface area contributed by atoms with E-state index in [1.54, 1.807) is 48.5 Å². The second-order valence-electron chi connectivity index (χ2n) is 6.93. The molecule has 2 aliphatic rings. The molecule has 1 heterocycles. The van der Waals surface area contributed by atoms with Crippen LogP contribution in [-0.2, 0) is 0 Å². The monoisotopic (exact) mass is 351 g/mol. The van der Waals surface area contributed by atoms with Gasteiger partial charge in [0.05, 0.1) is 0 Å². The second-order valence-corrected chi connectivity index (χ2v) is 6.93. The lowest BCUT2D eigenvalue weighted by molar-refractivity contribution is 0.0924. The van der Waals surface area contributed by atoms with E-state index >= 15 is 0 Å². The molecule has 6 nitrogen and oxygen atoms in total. The van der Waals surface area contributed by atoms with Crippen LogP contribution in [0.4, 0.5) is 0 Å². The van der Waals surface area contributed by atoms with E-state index in [9.17, 15) is 9.59 Å². The van der Waals surface area contributed by atoms with E-state index in [2.05, 4.69) is 10.6 Å². The van der Waals surface area contributed by atoms with E-state index in [-0.39, 0.29) is 11.9 Å². The third-order valence-electron chi connectivity index (χ3n) is 5.17. The number of carbonyl (C=O) groups is 2. The van der Waals surface area contributed by atoms with Crippen molar-refractivity contribution in [2.75, 3.05) is 6.54 Å². The average molecular weight is 351 g/mol. The summed E-state index contributed by atoms with van der Waals surface area (Å²) in [4.78, 5) is 23.5. The van der Waals surface area contributed by atoms with Crippen molar-refractivity contribution in [3.63, 3.8) is 0 Å². The zero-order valence-corrected chi connectivity index (χ0v) is 14.3. The number of hydrogen-bond acceptors (Lipinski definition) is 4. The maximum absolute atomic E-state index is 12.4. The first kappa shape index (κ1) is 16.6. The first-order valence-corrected chi connectivity index (χ1v) is 8.80. The Morgan fingerprint density at radius 2 is 1.58 bits per heavy atom. The summed E-state index contributed by atoms with van der Waals surface area (Å²) in [6, 6.07) is 14.5. The lowest BCUT2D eigenvalue weighted by atomic mass is 10.0. The highest BCUT2D eigenvalue weighted by Gasteiger charge is 2.40. The van der Waals surface area contributed by atoms with Crippen LogP contribution >= 0.6 is 0 Å². The third kappa shape index (κ3) is 3.41. The summed E-state index contributed by atoms with van der Waals surface area (Å²) in [6.07, 6.45) is 2.17. The van der Waals surface area contributed by atoms with Crippen LogP contribution in [0.1, 0.15) is 33.6 Å². The van der Waals surface area contributed by atoms with Gasteiger partial charge in [0.2, 0.25) is 5.91 Å². The largest absolute Gasteiger partial charge is 0.457 e. The predicted molar refractivity (Wildman–Crippen MR) is 97.2 cm³/mol. The molecule has 2 bridgehead atoms. The molecule has 3 unspecified atom stereocenters. The summed E-state index contributed by atoms with van der Waals surface area (Å²) >= 11 is 0. The van der Waals surface area contributed by atoms with Crippen LogP contribution in [0, 0.1) is 5.92 Å². The highest BCUT2D eigenvalue weighted by atomic mass is 16.5. The Labute approximate surface area is 151 Å². The number of rotatable bonds is 5. The molecule has 2 amide bonds. The molecular weight excluding hydrogens is 330 g/mol. The summed E-state index contributed by atoms with van der Waals surface area (Å²) in [5, 5.41) is 6.59.